The number of imidazole rings is 1. The topological polar surface area (TPSA) is 55.1 Å². The number of nitrogens with zero attached hydrogens (tertiary/aromatic N) is 2. The van der Waals surface area contributed by atoms with Crippen LogP contribution in [0.2, 0.25) is 0 Å². The maximum Gasteiger partial charge on any atom is 0.303 e. The molecule has 2 rings (SSSR count). The number of carboxylic acid groups (broad SMARTS) is 1. The zero-order chi connectivity index (χ0) is 11.4. The van der Waals surface area contributed by atoms with Crippen molar-refractivity contribution in [3.8, 4) is 0 Å². The Bertz CT molecular complexity index is 371. The van der Waals surface area contributed by atoms with E-state index < -0.39 is 5.97 Å². The highest BCUT2D eigenvalue weighted by Crippen LogP contribution is 2.20. The van der Waals surface area contributed by atoms with Gasteiger partial charge < -0.3 is 9.67 Å². The molecule has 1 aliphatic rings. The lowest BCUT2D eigenvalue weighted by Gasteiger charge is -2.13. The van der Waals surface area contributed by atoms with Crippen LogP contribution >= 0.6 is 0 Å². The van der Waals surface area contributed by atoms with E-state index in [0.717, 1.165) is 32.2 Å². The van der Waals surface area contributed by atoms with Crippen molar-refractivity contribution in [2.75, 3.05) is 0 Å². The first-order valence-corrected chi connectivity index (χ1v) is 6.02. The molecule has 1 aliphatic carbocycles. The second-order valence-electron chi connectivity index (χ2n) is 4.39. The Labute approximate surface area is 95.3 Å². The normalized spacial score (nSPS) is 14.8. The van der Waals surface area contributed by atoms with Gasteiger partial charge >= 0.3 is 5.97 Å². The van der Waals surface area contributed by atoms with Gasteiger partial charge in [-0.15, -0.1) is 0 Å². The highest BCUT2D eigenvalue weighted by Gasteiger charge is 2.14. The molecule has 0 fully saturated rings. The number of carboxylic acids is 1. The Balaban J connectivity index is 1.85. The number of hydrogen-bond donors (Lipinski definition) is 1. The van der Waals surface area contributed by atoms with E-state index in [1.807, 2.05) is 6.33 Å². The predicted molar refractivity (Wildman–Crippen MR) is 60.4 cm³/mol. The molecule has 16 heavy (non-hydrogen) atoms. The van der Waals surface area contributed by atoms with Crippen molar-refractivity contribution in [3.63, 3.8) is 0 Å². The minimum atomic E-state index is -0.701. The zero-order valence-electron chi connectivity index (χ0n) is 9.48. The molecule has 1 N–H and O–H groups in total. The van der Waals surface area contributed by atoms with Gasteiger partial charge in [-0.3, -0.25) is 4.79 Å². The van der Waals surface area contributed by atoms with Gasteiger partial charge in [0.15, 0.2) is 0 Å². The highest BCUT2D eigenvalue weighted by atomic mass is 16.4. The maximum absolute atomic E-state index is 10.4. The number of rotatable bonds is 5. The molecule has 4 heteroatoms. The lowest BCUT2D eigenvalue weighted by molar-refractivity contribution is -0.137. The van der Waals surface area contributed by atoms with Gasteiger partial charge in [0.2, 0.25) is 0 Å². The predicted octanol–water partition coefficient (Wildman–Crippen LogP) is 2.02. The van der Waals surface area contributed by atoms with Crippen LogP contribution in [0.1, 0.15) is 43.5 Å². The molecule has 1 heterocycles. The molecule has 0 saturated heterocycles. The second kappa shape index (κ2) is 5.14. The Kier molecular flexibility index (Phi) is 3.59. The Morgan fingerprint density at radius 3 is 3.00 bits per heavy atom. The molecule has 88 valence electrons. The van der Waals surface area contributed by atoms with Crippen LogP contribution in [0.5, 0.6) is 0 Å². The van der Waals surface area contributed by atoms with Gasteiger partial charge in [0.1, 0.15) is 0 Å². The van der Waals surface area contributed by atoms with E-state index in [-0.39, 0.29) is 6.42 Å². The summed E-state index contributed by atoms with van der Waals surface area (Å²) in [4.78, 5) is 14.8. The van der Waals surface area contributed by atoms with Crippen LogP contribution < -0.4 is 0 Å². The van der Waals surface area contributed by atoms with E-state index in [4.69, 9.17) is 5.11 Å². The van der Waals surface area contributed by atoms with Crippen LogP contribution in [-0.2, 0) is 24.2 Å². The summed E-state index contributed by atoms with van der Waals surface area (Å²) in [6, 6.07) is 0. The van der Waals surface area contributed by atoms with E-state index in [0.29, 0.717) is 0 Å². The van der Waals surface area contributed by atoms with E-state index in [9.17, 15) is 4.79 Å². The number of carbonyl (C=O) groups is 1. The number of unbranched alkanes of at least 4 members (excludes halogenated alkanes) is 1. The van der Waals surface area contributed by atoms with Gasteiger partial charge in [-0.05, 0) is 38.5 Å². The van der Waals surface area contributed by atoms with Crippen molar-refractivity contribution in [1.82, 2.24) is 9.55 Å². The van der Waals surface area contributed by atoms with Gasteiger partial charge in [-0.25, -0.2) is 4.98 Å². The monoisotopic (exact) mass is 222 g/mol. The fraction of sp³-hybridized carbons (Fsp3) is 0.667. The first-order valence-electron chi connectivity index (χ1n) is 6.02. The van der Waals surface area contributed by atoms with Crippen molar-refractivity contribution < 1.29 is 9.90 Å². The van der Waals surface area contributed by atoms with E-state index in [2.05, 4.69) is 9.55 Å². The number of aliphatic carboxylic acids is 1. The summed E-state index contributed by atoms with van der Waals surface area (Å²) in [5, 5.41) is 8.54. The third-order valence-electron chi connectivity index (χ3n) is 3.15. The van der Waals surface area contributed by atoms with Crippen LogP contribution in [0.4, 0.5) is 0 Å². The van der Waals surface area contributed by atoms with Gasteiger partial charge in [0.05, 0.1) is 12.0 Å². The molecular formula is C12H18N2O2. The zero-order valence-corrected chi connectivity index (χ0v) is 9.48. The number of fused-ring (bicyclic) bond motifs is 1. The molecule has 0 unspecified atom stereocenters. The second-order valence-corrected chi connectivity index (χ2v) is 4.39. The summed E-state index contributed by atoms with van der Waals surface area (Å²) in [6.45, 7) is 0.912. The standard InChI is InChI=1S/C12H18N2O2/c15-12(16)7-3-4-8-14-9-13-10-5-1-2-6-11(10)14/h9H,1-8H2,(H,15,16). The van der Waals surface area contributed by atoms with Crippen molar-refractivity contribution in [3.05, 3.63) is 17.7 Å². The molecule has 0 aromatic carbocycles. The largest absolute Gasteiger partial charge is 0.481 e. The SMILES string of the molecule is O=C(O)CCCCn1cnc2c1CCCC2. The molecule has 0 saturated carbocycles. The summed E-state index contributed by atoms with van der Waals surface area (Å²) >= 11 is 0. The van der Waals surface area contributed by atoms with Crippen LogP contribution in [0, 0.1) is 0 Å². The van der Waals surface area contributed by atoms with Gasteiger partial charge in [0, 0.05) is 18.7 Å². The third kappa shape index (κ3) is 2.62. The number of aryl methyl sites for hydroxylation is 2. The van der Waals surface area contributed by atoms with Crippen LogP contribution in [0.3, 0.4) is 0 Å². The van der Waals surface area contributed by atoms with Gasteiger partial charge in [-0.2, -0.15) is 0 Å². The lowest BCUT2D eigenvalue weighted by atomic mass is 10.0. The van der Waals surface area contributed by atoms with E-state index in [1.54, 1.807) is 0 Å². The first kappa shape index (κ1) is 11.2. The maximum atomic E-state index is 10.4. The average molecular weight is 222 g/mol. The highest BCUT2D eigenvalue weighted by molar-refractivity contribution is 5.66. The van der Waals surface area contributed by atoms with Crippen LogP contribution in [0.25, 0.3) is 0 Å². The van der Waals surface area contributed by atoms with E-state index >= 15 is 0 Å². The van der Waals surface area contributed by atoms with Crippen molar-refractivity contribution in [1.29, 1.82) is 0 Å². The molecule has 1 aromatic rings. The molecule has 1 aromatic heterocycles. The molecule has 0 bridgehead atoms. The molecule has 0 aliphatic heterocycles. The molecule has 4 nitrogen and oxygen atoms in total. The molecule has 0 radical (unpaired) electrons. The summed E-state index contributed by atoms with van der Waals surface area (Å²) in [7, 11) is 0. The molecule has 0 spiro atoms. The first-order chi connectivity index (χ1) is 7.77. The average Bonchev–Trinajstić information content (AvgIpc) is 2.68. The van der Waals surface area contributed by atoms with E-state index in [1.165, 1.54) is 24.2 Å². The van der Waals surface area contributed by atoms with Crippen molar-refractivity contribution in [2.24, 2.45) is 0 Å². The van der Waals surface area contributed by atoms with Crippen LogP contribution in [-0.4, -0.2) is 20.6 Å². The fourth-order valence-electron chi connectivity index (χ4n) is 2.28. The fourth-order valence-corrected chi connectivity index (χ4v) is 2.28. The summed E-state index contributed by atoms with van der Waals surface area (Å²) in [5.74, 6) is -0.701. The van der Waals surface area contributed by atoms with Crippen molar-refractivity contribution >= 4 is 5.97 Å². The third-order valence-corrected chi connectivity index (χ3v) is 3.15. The minimum Gasteiger partial charge on any atom is -0.481 e. The lowest BCUT2D eigenvalue weighted by Crippen LogP contribution is -2.08. The summed E-state index contributed by atoms with van der Waals surface area (Å²) in [5.41, 5.74) is 2.63. The Morgan fingerprint density at radius 2 is 2.19 bits per heavy atom. The quantitative estimate of drug-likeness (QED) is 0.775. The van der Waals surface area contributed by atoms with Crippen LogP contribution in [0.15, 0.2) is 6.33 Å². The van der Waals surface area contributed by atoms with Crippen molar-refractivity contribution in [2.45, 2.75) is 51.5 Å². The summed E-state index contributed by atoms with van der Waals surface area (Å²) < 4.78 is 2.20. The van der Waals surface area contributed by atoms with Gasteiger partial charge in [0.25, 0.3) is 0 Å². The number of hydrogen-bond acceptors (Lipinski definition) is 2. The number of aromatic nitrogens is 2. The molecular weight excluding hydrogens is 204 g/mol. The Morgan fingerprint density at radius 1 is 1.38 bits per heavy atom. The molecule has 0 atom stereocenters. The van der Waals surface area contributed by atoms with Gasteiger partial charge in [-0.1, -0.05) is 0 Å². The minimum absolute atomic E-state index is 0.275. The Hall–Kier alpha value is -1.32. The summed E-state index contributed by atoms with van der Waals surface area (Å²) in [6.07, 6.45) is 8.62. The smallest absolute Gasteiger partial charge is 0.303 e. The molecule has 0 amide bonds.